The molecule has 86 valence electrons. The first-order chi connectivity index (χ1) is 6.22. The van der Waals surface area contributed by atoms with Crippen LogP contribution in [-0.2, 0) is 8.85 Å². The van der Waals surface area contributed by atoms with Crippen LogP contribution in [-0.4, -0.2) is 22.8 Å². The lowest BCUT2D eigenvalue weighted by Crippen LogP contribution is -2.50. The van der Waals surface area contributed by atoms with E-state index in [0.29, 0.717) is 11.1 Å². The fourth-order valence-corrected chi connectivity index (χ4v) is 6.04. The summed E-state index contributed by atoms with van der Waals surface area (Å²) in [5.74, 6) is 0. The highest BCUT2D eigenvalue weighted by Gasteiger charge is 2.49. The third kappa shape index (κ3) is 2.58. The van der Waals surface area contributed by atoms with E-state index in [9.17, 15) is 0 Å². The van der Waals surface area contributed by atoms with Crippen LogP contribution in [0.2, 0.25) is 11.1 Å². The van der Waals surface area contributed by atoms with Gasteiger partial charge in [0.1, 0.15) is 0 Å². The molecule has 3 heteroatoms. The smallest absolute Gasteiger partial charge is 0.343 e. The lowest BCUT2D eigenvalue weighted by molar-refractivity contribution is 0.192. The first-order valence-corrected chi connectivity index (χ1v) is 7.29. The Morgan fingerprint density at radius 2 is 1.29 bits per heavy atom. The SMILES string of the molecule is CO[Si](OC)(C(C)C)C(C)C(C)(C)C. The quantitative estimate of drug-likeness (QED) is 0.672. The molecule has 0 aromatic rings. The van der Waals surface area contributed by atoms with E-state index in [2.05, 4.69) is 41.5 Å². The molecule has 0 rings (SSSR count). The van der Waals surface area contributed by atoms with E-state index >= 15 is 0 Å². The van der Waals surface area contributed by atoms with Gasteiger partial charge in [-0.15, -0.1) is 0 Å². The molecule has 0 spiro atoms. The zero-order valence-corrected chi connectivity index (χ0v) is 12.0. The Morgan fingerprint density at radius 1 is 0.929 bits per heavy atom. The molecule has 1 unspecified atom stereocenters. The summed E-state index contributed by atoms with van der Waals surface area (Å²) in [6, 6.07) is 0. The van der Waals surface area contributed by atoms with Crippen molar-refractivity contribution in [2.75, 3.05) is 14.2 Å². The van der Waals surface area contributed by atoms with Crippen molar-refractivity contribution in [3.8, 4) is 0 Å². The summed E-state index contributed by atoms with van der Waals surface area (Å²) >= 11 is 0. The van der Waals surface area contributed by atoms with Crippen molar-refractivity contribution >= 4 is 8.56 Å². The summed E-state index contributed by atoms with van der Waals surface area (Å²) in [5.41, 5.74) is 1.19. The lowest BCUT2D eigenvalue weighted by Gasteiger charge is -2.42. The van der Waals surface area contributed by atoms with Gasteiger partial charge in [0, 0.05) is 19.8 Å². The molecule has 0 bridgehead atoms. The normalized spacial score (nSPS) is 16.1. The molecule has 14 heavy (non-hydrogen) atoms. The predicted octanol–water partition coefficient (Wildman–Crippen LogP) is 3.57. The van der Waals surface area contributed by atoms with Gasteiger partial charge in [0.25, 0.3) is 0 Å². The van der Waals surface area contributed by atoms with Crippen LogP contribution in [0.4, 0.5) is 0 Å². The largest absolute Gasteiger partial charge is 0.397 e. The van der Waals surface area contributed by atoms with Gasteiger partial charge in [-0.25, -0.2) is 0 Å². The fourth-order valence-electron chi connectivity index (χ4n) is 2.01. The van der Waals surface area contributed by atoms with Crippen LogP contribution in [0.15, 0.2) is 0 Å². The fraction of sp³-hybridized carbons (Fsp3) is 1.00. The Bertz CT molecular complexity index is 169. The summed E-state index contributed by atoms with van der Waals surface area (Å²) in [6.45, 7) is 13.4. The average Bonchev–Trinajstić information content (AvgIpc) is 2.05. The molecule has 0 aromatic heterocycles. The first kappa shape index (κ1) is 14.1. The van der Waals surface area contributed by atoms with Gasteiger partial charge < -0.3 is 8.85 Å². The van der Waals surface area contributed by atoms with Crippen molar-refractivity contribution in [2.24, 2.45) is 5.41 Å². The molecule has 1 atom stereocenters. The van der Waals surface area contributed by atoms with Crippen molar-refractivity contribution in [2.45, 2.75) is 52.6 Å². The highest BCUT2D eigenvalue weighted by molar-refractivity contribution is 6.70. The molecular formula is C11H26O2Si. The van der Waals surface area contributed by atoms with Gasteiger partial charge in [-0.1, -0.05) is 41.5 Å². The second-order valence-electron chi connectivity index (χ2n) is 5.37. The van der Waals surface area contributed by atoms with Crippen molar-refractivity contribution in [1.29, 1.82) is 0 Å². The molecular weight excluding hydrogens is 192 g/mol. The van der Waals surface area contributed by atoms with E-state index in [1.807, 2.05) is 0 Å². The Labute approximate surface area is 90.2 Å². The molecule has 0 N–H and O–H groups in total. The van der Waals surface area contributed by atoms with Crippen LogP contribution in [0.25, 0.3) is 0 Å². The molecule has 0 radical (unpaired) electrons. The molecule has 0 amide bonds. The van der Waals surface area contributed by atoms with Crippen LogP contribution in [0.3, 0.4) is 0 Å². The third-order valence-corrected chi connectivity index (χ3v) is 8.30. The number of rotatable bonds is 4. The van der Waals surface area contributed by atoms with Crippen LogP contribution in [0.1, 0.15) is 41.5 Å². The van der Waals surface area contributed by atoms with Crippen LogP contribution in [0, 0.1) is 5.41 Å². The maximum absolute atomic E-state index is 5.75. The van der Waals surface area contributed by atoms with Crippen LogP contribution < -0.4 is 0 Å². The Kier molecular flexibility index (Phi) is 4.82. The van der Waals surface area contributed by atoms with Crippen molar-refractivity contribution in [3.63, 3.8) is 0 Å². The molecule has 0 aromatic carbocycles. The van der Waals surface area contributed by atoms with Gasteiger partial charge >= 0.3 is 8.56 Å². The van der Waals surface area contributed by atoms with Crippen molar-refractivity contribution in [1.82, 2.24) is 0 Å². The first-order valence-electron chi connectivity index (χ1n) is 5.32. The summed E-state index contributed by atoms with van der Waals surface area (Å²) in [5, 5.41) is 0. The summed E-state index contributed by atoms with van der Waals surface area (Å²) < 4.78 is 11.5. The zero-order valence-electron chi connectivity index (χ0n) is 11.0. The molecule has 0 aliphatic heterocycles. The molecule has 0 aliphatic carbocycles. The molecule has 0 heterocycles. The maximum Gasteiger partial charge on any atom is 0.343 e. The Hall–Kier alpha value is 0.137. The highest BCUT2D eigenvalue weighted by Crippen LogP contribution is 2.44. The van der Waals surface area contributed by atoms with Gasteiger partial charge in [0.05, 0.1) is 0 Å². The summed E-state index contributed by atoms with van der Waals surface area (Å²) in [4.78, 5) is 0. The second kappa shape index (κ2) is 4.77. The lowest BCUT2D eigenvalue weighted by atomic mass is 9.93. The topological polar surface area (TPSA) is 18.5 Å². The van der Waals surface area contributed by atoms with Gasteiger partial charge in [0.15, 0.2) is 0 Å². The molecule has 0 fully saturated rings. The van der Waals surface area contributed by atoms with Gasteiger partial charge in [0.2, 0.25) is 0 Å². The minimum atomic E-state index is -2.06. The summed E-state index contributed by atoms with van der Waals surface area (Å²) in [6.07, 6.45) is 0. The van der Waals surface area contributed by atoms with Gasteiger partial charge in [-0.2, -0.15) is 0 Å². The standard InChI is InChI=1S/C11H26O2Si/c1-9(2)14(12-7,13-8)10(3)11(4,5)6/h9-10H,1-8H3. The van der Waals surface area contributed by atoms with E-state index in [-0.39, 0.29) is 5.41 Å². The Morgan fingerprint density at radius 3 is 1.36 bits per heavy atom. The summed E-state index contributed by atoms with van der Waals surface area (Å²) in [7, 11) is 1.52. The van der Waals surface area contributed by atoms with Crippen molar-refractivity contribution in [3.05, 3.63) is 0 Å². The minimum absolute atomic E-state index is 0.239. The molecule has 0 saturated heterocycles. The van der Waals surface area contributed by atoms with Crippen LogP contribution >= 0.6 is 0 Å². The third-order valence-electron chi connectivity index (χ3n) is 3.35. The number of hydrogen-bond donors (Lipinski definition) is 0. The predicted molar refractivity (Wildman–Crippen MR) is 63.7 cm³/mol. The van der Waals surface area contributed by atoms with E-state index in [1.54, 1.807) is 14.2 Å². The molecule has 0 saturated carbocycles. The van der Waals surface area contributed by atoms with E-state index in [0.717, 1.165) is 0 Å². The molecule has 2 nitrogen and oxygen atoms in total. The Balaban J connectivity index is 5.00. The second-order valence-corrected chi connectivity index (χ2v) is 9.65. The van der Waals surface area contributed by atoms with E-state index in [1.165, 1.54) is 0 Å². The van der Waals surface area contributed by atoms with Gasteiger partial charge in [-0.3, -0.25) is 0 Å². The minimum Gasteiger partial charge on any atom is -0.397 e. The van der Waals surface area contributed by atoms with Crippen LogP contribution in [0.5, 0.6) is 0 Å². The van der Waals surface area contributed by atoms with Gasteiger partial charge in [-0.05, 0) is 11.0 Å². The van der Waals surface area contributed by atoms with E-state index < -0.39 is 8.56 Å². The number of hydrogen-bond acceptors (Lipinski definition) is 2. The average molecular weight is 218 g/mol. The van der Waals surface area contributed by atoms with Crippen molar-refractivity contribution < 1.29 is 8.85 Å². The monoisotopic (exact) mass is 218 g/mol. The zero-order chi connectivity index (χ0) is 11.6. The highest BCUT2D eigenvalue weighted by atomic mass is 28.4. The molecule has 0 aliphatic rings. The van der Waals surface area contributed by atoms with E-state index in [4.69, 9.17) is 8.85 Å². The maximum atomic E-state index is 5.75.